The zero-order valence-corrected chi connectivity index (χ0v) is 8.81. The molecule has 0 atom stereocenters. The van der Waals surface area contributed by atoms with Crippen LogP contribution in [0.2, 0.25) is 0 Å². The first-order valence-corrected chi connectivity index (χ1v) is 5.13. The van der Waals surface area contributed by atoms with Crippen molar-refractivity contribution in [3.8, 4) is 0 Å². The molecule has 0 aliphatic rings. The van der Waals surface area contributed by atoms with Crippen molar-refractivity contribution in [1.29, 1.82) is 0 Å². The van der Waals surface area contributed by atoms with Crippen molar-refractivity contribution >= 4 is 33.0 Å². The first-order chi connectivity index (χ1) is 6.61. The van der Waals surface area contributed by atoms with Crippen LogP contribution in [0.1, 0.15) is 23.0 Å². The highest BCUT2D eigenvalue weighted by atomic mass is 32.1. The number of fused-ring (bicyclic) bond motifs is 1. The van der Waals surface area contributed by atoms with Gasteiger partial charge in [-0.15, -0.1) is 11.3 Å². The van der Waals surface area contributed by atoms with Gasteiger partial charge < -0.3 is 5.73 Å². The Morgan fingerprint density at radius 2 is 2.29 bits per heavy atom. The number of carbonyl (C=O) groups excluding carboxylic acids is 1. The van der Waals surface area contributed by atoms with Crippen LogP contribution in [0.25, 0.3) is 10.2 Å². The third kappa shape index (κ3) is 1.19. The van der Waals surface area contributed by atoms with Crippen molar-refractivity contribution in [1.82, 2.24) is 4.98 Å². The standard InChI is InChI=1S/C10H10N2OS/c1-5-8(6(2)13)9(11)7-3-4-14-10(7)12-5/h3-4H,1-2H3,(H2,11,12). The molecule has 0 bridgehead atoms. The Hall–Kier alpha value is -1.42. The monoisotopic (exact) mass is 206 g/mol. The number of carbonyl (C=O) groups is 1. The summed E-state index contributed by atoms with van der Waals surface area (Å²) in [6, 6.07) is 1.90. The summed E-state index contributed by atoms with van der Waals surface area (Å²) < 4.78 is 0. The van der Waals surface area contributed by atoms with Gasteiger partial charge in [0.2, 0.25) is 0 Å². The topological polar surface area (TPSA) is 56.0 Å². The lowest BCUT2D eigenvalue weighted by molar-refractivity contribution is 0.101. The number of pyridine rings is 1. The average Bonchev–Trinajstić information content (AvgIpc) is 2.50. The first-order valence-electron chi connectivity index (χ1n) is 4.25. The molecule has 0 unspecified atom stereocenters. The van der Waals surface area contributed by atoms with Crippen molar-refractivity contribution in [2.45, 2.75) is 13.8 Å². The van der Waals surface area contributed by atoms with Gasteiger partial charge in [-0.05, 0) is 25.3 Å². The number of ketones is 1. The van der Waals surface area contributed by atoms with Crippen molar-refractivity contribution < 1.29 is 4.79 Å². The molecule has 2 N–H and O–H groups in total. The summed E-state index contributed by atoms with van der Waals surface area (Å²) in [5, 5.41) is 2.81. The van der Waals surface area contributed by atoms with Gasteiger partial charge in [-0.2, -0.15) is 0 Å². The lowest BCUT2D eigenvalue weighted by Crippen LogP contribution is -2.04. The SMILES string of the molecule is CC(=O)c1c(C)nc2sccc2c1N. The number of hydrogen-bond donors (Lipinski definition) is 1. The van der Waals surface area contributed by atoms with Crippen molar-refractivity contribution in [2.75, 3.05) is 5.73 Å². The van der Waals surface area contributed by atoms with E-state index in [0.29, 0.717) is 16.9 Å². The number of thiophene rings is 1. The molecule has 0 aromatic carbocycles. The van der Waals surface area contributed by atoms with E-state index in [1.54, 1.807) is 0 Å². The molecule has 0 saturated heterocycles. The summed E-state index contributed by atoms with van der Waals surface area (Å²) in [6.07, 6.45) is 0. The highest BCUT2D eigenvalue weighted by Crippen LogP contribution is 2.29. The zero-order chi connectivity index (χ0) is 10.3. The first kappa shape index (κ1) is 9.15. The molecule has 0 radical (unpaired) electrons. The van der Waals surface area contributed by atoms with Crippen LogP contribution < -0.4 is 5.73 Å². The molecular formula is C10H10N2OS. The molecule has 0 spiro atoms. The van der Waals surface area contributed by atoms with Crippen LogP contribution in [0.3, 0.4) is 0 Å². The number of Topliss-reactive ketones (excluding diaryl/α,β-unsaturated/α-hetero) is 1. The van der Waals surface area contributed by atoms with Crippen LogP contribution in [0.4, 0.5) is 5.69 Å². The Morgan fingerprint density at radius 1 is 1.57 bits per heavy atom. The lowest BCUT2D eigenvalue weighted by Gasteiger charge is -2.06. The van der Waals surface area contributed by atoms with E-state index in [2.05, 4.69) is 4.98 Å². The number of nitrogens with two attached hydrogens (primary N) is 1. The summed E-state index contributed by atoms with van der Waals surface area (Å²) in [6.45, 7) is 3.32. The van der Waals surface area contributed by atoms with Gasteiger partial charge in [-0.1, -0.05) is 0 Å². The fraction of sp³-hybridized carbons (Fsp3) is 0.200. The van der Waals surface area contributed by atoms with Crippen molar-refractivity contribution in [3.05, 3.63) is 22.7 Å². The molecule has 2 aromatic rings. The second-order valence-corrected chi connectivity index (χ2v) is 4.08. The molecule has 0 amide bonds. The quantitative estimate of drug-likeness (QED) is 0.729. The Balaban J connectivity index is 2.89. The maximum atomic E-state index is 11.3. The summed E-state index contributed by atoms with van der Waals surface area (Å²) >= 11 is 1.53. The molecular weight excluding hydrogens is 196 g/mol. The fourth-order valence-electron chi connectivity index (χ4n) is 1.58. The summed E-state index contributed by atoms with van der Waals surface area (Å²) in [7, 11) is 0. The van der Waals surface area contributed by atoms with Crippen LogP contribution >= 0.6 is 11.3 Å². The summed E-state index contributed by atoms with van der Waals surface area (Å²) in [4.78, 5) is 16.6. The summed E-state index contributed by atoms with van der Waals surface area (Å²) in [5.74, 6) is -0.0272. The zero-order valence-electron chi connectivity index (χ0n) is 8.00. The minimum Gasteiger partial charge on any atom is -0.398 e. The van der Waals surface area contributed by atoms with Gasteiger partial charge in [-0.3, -0.25) is 4.79 Å². The van der Waals surface area contributed by atoms with E-state index in [4.69, 9.17) is 5.73 Å². The van der Waals surface area contributed by atoms with Crippen LogP contribution in [0, 0.1) is 6.92 Å². The van der Waals surface area contributed by atoms with E-state index < -0.39 is 0 Å². The Kier molecular flexibility index (Phi) is 2.00. The molecule has 2 rings (SSSR count). The molecule has 3 nitrogen and oxygen atoms in total. The van der Waals surface area contributed by atoms with Gasteiger partial charge in [0.05, 0.1) is 16.9 Å². The summed E-state index contributed by atoms with van der Waals surface area (Å²) in [5.41, 5.74) is 7.73. The van der Waals surface area contributed by atoms with Gasteiger partial charge in [-0.25, -0.2) is 4.98 Å². The molecule has 0 aliphatic carbocycles. The molecule has 0 aliphatic heterocycles. The van der Waals surface area contributed by atoms with Crippen molar-refractivity contribution in [2.24, 2.45) is 0 Å². The van der Waals surface area contributed by atoms with Gasteiger partial charge in [0.25, 0.3) is 0 Å². The third-order valence-corrected chi connectivity index (χ3v) is 2.99. The van der Waals surface area contributed by atoms with Gasteiger partial charge >= 0.3 is 0 Å². The number of nitrogens with zero attached hydrogens (tertiary/aromatic N) is 1. The minimum absolute atomic E-state index is 0.0272. The highest BCUT2D eigenvalue weighted by molar-refractivity contribution is 7.16. The number of hydrogen-bond acceptors (Lipinski definition) is 4. The predicted octanol–water partition coefficient (Wildman–Crippen LogP) is 2.39. The number of nitrogen functional groups attached to an aromatic ring is 1. The van der Waals surface area contributed by atoms with E-state index in [1.165, 1.54) is 18.3 Å². The average molecular weight is 206 g/mol. The third-order valence-electron chi connectivity index (χ3n) is 2.19. The second-order valence-electron chi connectivity index (χ2n) is 3.18. The Bertz CT molecular complexity index is 516. The van der Waals surface area contributed by atoms with Crippen LogP contribution in [-0.2, 0) is 0 Å². The molecule has 2 heterocycles. The van der Waals surface area contributed by atoms with Crippen LogP contribution in [0.5, 0.6) is 0 Å². The molecule has 72 valence electrons. The smallest absolute Gasteiger partial charge is 0.163 e. The lowest BCUT2D eigenvalue weighted by atomic mass is 10.1. The van der Waals surface area contributed by atoms with E-state index >= 15 is 0 Å². The minimum atomic E-state index is -0.0272. The predicted molar refractivity (Wildman–Crippen MR) is 58.8 cm³/mol. The van der Waals surface area contributed by atoms with Crippen molar-refractivity contribution in [3.63, 3.8) is 0 Å². The molecule has 14 heavy (non-hydrogen) atoms. The maximum Gasteiger partial charge on any atom is 0.163 e. The normalized spacial score (nSPS) is 10.7. The molecule has 0 saturated carbocycles. The van der Waals surface area contributed by atoms with E-state index in [9.17, 15) is 4.79 Å². The number of aromatic nitrogens is 1. The van der Waals surface area contributed by atoms with Crippen LogP contribution in [-0.4, -0.2) is 10.8 Å². The largest absolute Gasteiger partial charge is 0.398 e. The van der Waals surface area contributed by atoms with Gasteiger partial charge in [0.15, 0.2) is 5.78 Å². The molecule has 2 aromatic heterocycles. The molecule has 4 heteroatoms. The second kappa shape index (κ2) is 3.06. The Labute approximate surface area is 85.6 Å². The number of anilines is 1. The highest BCUT2D eigenvalue weighted by Gasteiger charge is 2.13. The van der Waals surface area contributed by atoms with Crippen LogP contribution in [0.15, 0.2) is 11.4 Å². The van der Waals surface area contributed by atoms with E-state index in [-0.39, 0.29) is 5.78 Å². The molecule has 0 fully saturated rings. The van der Waals surface area contributed by atoms with Gasteiger partial charge in [0.1, 0.15) is 4.83 Å². The maximum absolute atomic E-state index is 11.3. The van der Waals surface area contributed by atoms with E-state index in [0.717, 1.165) is 10.2 Å². The number of aryl methyl sites for hydroxylation is 1. The Morgan fingerprint density at radius 3 is 2.93 bits per heavy atom. The number of rotatable bonds is 1. The van der Waals surface area contributed by atoms with Gasteiger partial charge in [0, 0.05) is 5.39 Å². The van der Waals surface area contributed by atoms with E-state index in [1.807, 2.05) is 18.4 Å². The fourth-order valence-corrected chi connectivity index (χ4v) is 2.40.